The number of carboxylic acid groups (broad SMARTS) is 1. The van der Waals surface area contributed by atoms with Gasteiger partial charge in [-0.15, -0.1) is 0 Å². The fraction of sp³-hybridized carbons (Fsp3) is 0.688. The van der Waals surface area contributed by atoms with Gasteiger partial charge in [-0.2, -0.15) is 0 Å². The maximum atomic E-state index is 11.1. The predicted octanol–water partition coefficient (Wildman–Crippen LogP) is 1.34. The lowest BCUT2D eigenvalue weighted by Gasteiger charge is -2.35. The van der Waals surface area contributed by atoms with E-state index < -0.39 is 6.09 Å². The highest BCUT2D eigenvalue weighted by Crippen LogP contribution is 2.46. The summed E-state index contributed by atoms with van der Waals surface area (Å²) in [6.45, 7) is 4.96. The Labute approximate surface area is 135 Å². The summed E-state index contributed by atoms with van der Waals surface area (Å²) in [4.78, 5) is 23.8. The molecule has 3 aliphatic rings. The number of aromatic nitrogens is 2. The lowest BCUT2D eigenvalue weighted by atomic mass is 10.1. The first-order valence-corrected chi connectivity index (χ1v) is 8.25. The molecule has 0 radical (unpaired) electrons. The van der Waals surface area contributed by atoms with Gasteiger partial charge < -0.3 is 14.7 Å². The summed E-state index contributed by atoms with van der Waals surface area (Å²) in [5.41, 5.74) is 1.27. The maximum absolute atomic E-state index is 11.1. The van der Waals surface area contributed by atoms with Crippen LogP contribution in [0.25, 0.3) is 0 Å². The van der Waals surface area contributed by atoms with Gasteiger partial charge in [-0.25, -0.2) is 9.78 Å². The first-order valence-electron chi connectivity index (χ1n) is 8.25. The molecule has 23 heavy (non-hydrogen) atoms. The maximum Gasteiger partial charge on any atom is 0.407 e. The summed E-state index contributed by atoms with van der Waals surface area (Å²) < 4.78 is 5.97. The molecule has 3 heterocycles. The van der Waals surface area contributed by atoms with Gasteiger partial charge in [-0.05, 0) is 12.8 Å². The van der Waals surface area contributed by atoms with Crippen molar-refractivity contribution in [2.45, 2.75) is 43.7 Å². The van der Waals surface area contributed by atoms with Crippen LogP contribution in [0.5, 0.6) is 5.88 Å². The molecule has 0 unspecified atom stereocenters. The second-order valence-corrected chi connectivity index (χ2v) is 7.15. The molecule has 3 fully saturated rings. The Balaban J connectivity index is 1.36. The average Bonchev–Trinajstić information content (AvgIpc) is 3.16. The lowest BCUT2D eigenvalue weighted by molar-refractivity contribution is 0.0882. The summed E-state index contributed by atoms with van der Waals surface area (Å²) in [5, 5.41) is 9.11. The smallest absolute Gasteiger partial charge is 0.407 e. The Morgan fingerprint density at radius 1 is 1.30 bits per heavy atom. The second kappa shape index (κ2) is 5.33. The van der Waals surface area contributed by atoms with E-state index in [2.05, 4.69) is 21.8 Å². The first-order chi connectivity index (χ1) is 11.0. The monoisotopic (exact) mass is 318 g/mol. The van der Waals surface area contributed by atoms with Crippen molar-refractivity contribution in [2.75, 3.05) is 26.2 Å². The third-order valence-electron chi connectivity index (χ3n) is 5.38. The molecule has 0 spiro atoms. The minimum absolute atomic E-state index is 0.0606. The number of carbonyl (C=O) groups is 1. The summed E-state index contributed by atoms with van der Waals surface area (Å²) in [6, 6.07) is 0.252. The van der Waals surface area contributed by atoms with Crippen LogP contribution in [0.4, 0.5) is 4.79 Å². The molecule has 4 rings (SSSR count). The van der Waals surface area contributed by atoms with Crippen LogP contribution in [0.3, 0.4) is 0 Å². The Morgan fingerprint density at radius 2 is 2.13 bits per heavy atom. The van der Waals surface area contributed by atoms with Gasteiger partial charge in [0.2, 0.25) is 5.88 Å². The van der Waals surface area contributed by atoms with Gasteiger partial charge >= 0.3 is 6.09 Å². The van der Waals surface area contributed by atoms with Crippen molar-refractivity contribution in [1.82, 2.24) is 19.8 Å². The lowest BCUT2D eigenvalue weighted by Crippen LogP contribution is -2.51. The van der Waals surface area contributed by atoms with Crippen molar-refractivity contribution < 1.29 is 14.6 Å². The SMILES string of the molecule is CC1(c2cnc(O[C@@H]3C[C@H]4CN(C(=O)O)CCN4C3)cn2)CC1. The van der Waals surface area contributed by atoms with Gasteiger partial charge in [0.1, 0.15) is 6.10 Å². The van der Waals surface area contributed by atoms with Crippen molar-refractivity contribution >= 4 is 6.09 Å². The highest BCUT2D eigenvalue weighted by atomic mass is 16.5. The fourth-order valence-corrected chi connectivity index (χ4v) is 3.56. The standard InChI is InChI=1S/C16H22N4O3/c1-16(2-3-16)13-7-18-14(8-17-13)23-12-6-11-9-20(15(21)22)5-4-19(11)10-12/h7-8,11-12H,2-6,9-10H2,1H3,(H,21,22)/t11-,12+/m0/s1. The molecule has 0 bridgehead atoms. The molecule has 2 saturated heterocycles. The molecule has 7 heteroatoms. The zero-order valence-electron chi connectivity index (χ0n) is 13.3. The predicted molar refractivity (Wildman–Crippen MR) is 82.6 cm³/mol. The third-order valence-corrected chi connectivity index (χ3v) is 5.38. The van der Waals surface area contributed by atoms with E-state index in [1.807, 2.05) is 6.20 Å². The van der Waals surface area contributed by atoms with Crippen LogP contribution < -0.4 is 4.74 Å². The van der Waals surface area contributed by atoms with E-state index in [0.29, 0.717) is 19.0 Å². The Bertz CT molecular complexity index is 602. The molecule has 1 aromatic rings. The van der Waals surface area contributed by atoms with Crippen LogP contribution >= 0.6 is 0 Å². The molecular formula is C16H22N4O3. The summed E-state index contributed by atoms with van der Waals surface area (Å²) in [7, 11) is 0. The number of piperazine rings is 1. The van der Waals surface area contributed by atoms with Crippen LogP contribution in [0.2, 0.25) is 0 Å². The van der Waals surface area contributed by atoms with Crippen molar-refractivity contribution in [3.63, 3.8) is 0 Å². The minimum atomic E-state index is -0.830. The molecule has 124 valence electrons. The van der Waals surface area contributed by atoms with Crippen LogP contribution in [0, 0.1) is 0 Å². The van der Waals surface area contributed by atoms with Crippen LogP contribution in [-0.2, 0) is 5.41 Å². The van der Waals surface area contributed by atoms with Gasteiger partial charge in [-0.1, -0.05) is 6.92 Å². The van der Waals surface area contributed by atoms with Gasteiger partial charge in [0.05, 0.1) is 18.1 Å². The van der Waals surface area contributed by atoms with E-state index in [1.54, 1.807) is 6.20 Å². The third kappa shape index (κ3) is 2.85. The molecule has 1 aliphatic carbocycles. The Hall–Kier alpha value is -1.89. The average molecular weight is 318 g/mol. The summed E-state index contributed by atoms with van der Waals surface area (Å²) in [6.07, 6.45) is 5.98. The second-order valence-electron chi connectivity index (χ2n) is 7.15. The highest BCUT2D eigenvalue weighted by Gasteiger charge is 2.41. The molecule has 1 amide bonds. The van der Waals surface area contributed by atoms with Gasteiger partial charge in [0.25, 0.3) is 0 Å². The van der Waals surface area contributed by atoms with E-state index in [-0.39, 0.29) is 17.6 Å². The molecule has 0 aromatic carbocycles. The zero-order valence-corrected chi connectivity index (χ0v) is 13.3. The minimum Gasteiger partial charge on any atom is -0.472 e. The van der Waals surface area contributed by atoms with Gasteiger partial charge in [-0.3, -0.25) is 9.88 Å². The fourth-order valence-electron chi connectivity index (χ4n) is 3.56. The van der Waals surface area contributed by atoms with E-state index >= 15 is 0 Å². The van der Waals surface area contributed by atoms with Gasteiger partial charge in [0.15, 0.2) is 0 Å². The molecule has 2 aliphatic heterocycles. The molecule has 1 saturated carbocycles. The normalized spacial score (nSPS) is 29.2. The number of rotatable bonds is 3. The van der Waals surface area contributed by atoms with E-state index in [4.69, 9.17) is 9.84 Å². The molecule has 1 N–H and O–H groups in total. The summed E-state index contributed by atoms with van der Waals surface area (Å²) >= 11 is 0. The van der Waals surface area contributed by atoms with E-state index in [1.165, 1.54) is 17.7 Å². The van der Waals surface area contributed by atoms with Crippen molar-refractivity contribution in [3.8, 4) is 5.88 Å². The number of amides is 1. The zero-order chi connectivity index (χ0) is 16.0. The van der Waals surface area contributed by atoms with Crippen LogP contribution in [0.15, 0.2) is 12.4 Å². The molecular weight excluding hydrogens is 296 g/mol. The number of ether oxygens (including phenoxy) is 1. The van der Waals surface area contributed by atoms with Crippen molar-refractivity contribution in [3.05, 3.63) is 18.1 Å². The molecule has 1 aromatic heterocycles. The topological polar surface area (TPSA) is 78.8 Å². The number of nitrogens with zero attached hydrogens (tertiary/aromatic N) is 4. The first kappa shape index (κ1) is 14.7. The number of hydrogen-bond donors (Lipinski definition) is 1. The summed E-state index contributed by atoms with van der Waals surface area (Å²) in [5.74, 6) is 0.568. The van der Waals surface area contributed by atoms with E-state index in [0.717, 1.165) is 25.2 Å². The Morgan fingerprint density at radius 3 is 2.78 bits per heavy atom. The largest absolute Gasteiger partial charge is 0.472 e. The van der Waals surface area contributed by atoms with Crippen molar-refractivity contribution in [1.29, 1.82) is 0 Å². The number of hydrogen-bond acceptors (Lipinski definition) is 5. The van der Waals surface area contributed by atoms with E-state index in [9.17, 15) is 4.79 Å². The quantitative estimate of drug-likeness (QED) is 0.906. The van der Waals surface area contributed by atoms with Crippen LogP contribution in [-0.4, -0.2) is 69.3 Å². The number of fused-ring (bicyclic) bond motifs is 1. The van der Waals surface area contributed by atoms with Gasteiger partial charge in [0, 0.05) is 44.1 Å². The van der Waals surface area contributed by atoms with Crippen molar-refractivity contribution in [2.24, 2.45) is 0 Å². The molecule has 7 nitrogen and oxygen atoms in total. The highest BCUT2D eigenvalue weighted by molar-refractivity contribution is 5.65. The molecule has 2 atom stereocenters. The Kier molecular flexibility index (Phi) is 3.41. The van der Waals surface area contributed by atoms with Crippen LogP contribution in [0.1, 0.15) is 31.9 Å².